The Kier molecular flexibility index (Phi) is 5.11. The summed E-state index contributed by atoms with van der Waals surface area (Å²) in [6, 6.07) is 7.03. The number of amides is 1. The number of rotatable bonds is 7. The third-order valence-electron chi connectivity index (χ3n) is 4.77. The molecule has 1 fully saturated rings. The number of carbonyl (C=O) groups excluding carboxylic acids is 1. The molecule has 2 N–H and O–H groups in total. The van der Waals surface area contributed by atoms with Gasteiger partial charge < -0.3 is 15.0 Å². The highest BCUT2D eigenvalue weighted by Gasteiger charge is 2.34. The van der Waals surface area contributed by atoms with Gasteiger partial charge in [0, 0.05) is 18.0 Å². The van der Waals surface area contributed by atoms with Crippen molar-refractivity contribution >= 4 is 17.5 Å². The molecule has 3 aromatic rings. The van der Waals surface area contributed by atoms with Gasteiger partial charge in [-0.2, -0.15) is 0 Å². The highest BCUT2D eigenvalue weighted by Crippen LogP contribution is 2.43. The summed E-state index contributed by atoms with van der Waals surface area (Å²) < 4.78 is 11.6. The van der Waals surface area contributed by atoms with E-state index in [4.69, 9.17) is 26.6 Å². The summed E-state index contributed by atoms with van der Waals surface area (Å²) in [7, 11) is 0. The standard InChI is InChI=1S/C20H19ClN4O3/c1-11-15(18(25-28-11)16-7-5-14(21)9-24-16)10-27-19(12-2-3-12)17-6-4-13(8-23-17)20(22)26/h4-9,12,19H,2-3,10H2,1H3,(H2,22,26). The zero-order chi connectivity index (χ0) is 19.7. The lowest BCUT2D eigenvalue weighted by molar-refractivity contribution is 0.0214. The second-order valence-electron chi connectivity index (χ2n) is 6.83. The summed E-state index contributed by atoms with van der Waals surface area (Å²) >= 11 is 5.92. The van der Waals surface area contributed by atoms with Crippen molar-refractivity contribution < 1.29 is 14.1 Å². The van der Waals surface area contributed by atoms with Crippen LogP contribution >= 0.6 is 11.6 Å². The predicted molar refractivity (Wildman–Crippen MR) is 102 cm³/mol. The number of nitrogens with two attached hydrogens (primary N) is 1. The van der Waals surface area contributed by atoms with Crippen molar-refractivity contribution in [3.8, 4) is 11.4 Å². The Balaban J connectivity index is 1.55. The molecule has 4 rings (SSSR count). The van der Waals surface area contributed by atoms with Crippen molar-refractivity contribution in [3.05, 3.63) is 64.3 Å². The Labute approximate surface area is 166 Å². The maximum absolute atomic E-state index is 11.3. The number of nitrogens with zero attached hydrogens (tertiary/aromatic N) is 3. The van der Waals surface area contributed by atoms with Crippen LogP contribution in [0.25, 0.3) is 11.4 Å². The van der Waals surface area contributed by atoms with E-state index in [9.17, 15) is 4.79 Å². The molecule has 0 aromatic carbocycles. The average Bonchev–Trinajstić information content (AvgIpc) is 3.46. The van der Waals surface area contributed by atoms with Crippen LogP contribution in [0.2, 0.25) is 5.02 Å². The van der Waals surface area contributed by atoms with Crippen LogP contribution in [0, 0.1) is 12.8 Å². The highest BCUT2D eigenvalue weighted by atomic mass is 35.5. The van der Waals surface area contributed by atoms with E-state index in [1.165, 1.54) is 6.20 Å². The molecule has 3 heterocycles. The average molecular weight is 399 g/mol. The molecule has 0 spiro atoms. The van der Waals surface area contributed by atoms with Crippen molar-refractivity contribution in [2.75, 3.05) is 0 Å². The van der Waals surface area contributed by atoms with E-state index in [0.717, 1.165) is 24.1 Å². The molecule has 1 amide bonds. The molecule has 3 aromatic heterocycles. The molecule has 1 atom stereocenters. The molecule has 0 bridgehead atoms. The first kappa shape index (κ1) is 18.6. The summed E-state index contributed by atoms with van der Waals surface area (Å²) in [5.74, 6) is 0.589. The maximum atomic E-state index is 11.3. The van der Waals surface area contributed by atoms with Gasteiger partial charge in [-0.1, -0.05) is 16.8 Å². The molecule has 0 saturated heterocycles. The molecule has 144 valence electrons. The van der Waals surface area contributed by atoms with E-state index in [1.54, 1.807) is 30.5 Å². The Hall–Kier alpha value is -2.77. The van der Waals surface area contributed by atoms with E-state index < -0.39 is 5.91 Å². The molecule has 1 unspecified atom stereocenters. The summed E-state index contributed by atoms with van der Waals surface area (Å²) in [6.45, 7) is 2.16. The molecular formula is C20H19ClN4O3. The van der Waals surface area contributed by atoms with E-state index in [1.807, 2.05) is 6.92 Å². The smallest absolute Gasteiger partial charge is 0.250 e. The van der Waals surface area contributed by atoms with Crippen molar-refractivity contribution in [1.29, 1.82) is 0 Å². The minimum atomic E-state index is -0.497. The quantitative estimate of drug-likeness (QED) is 0.648. The van der Waals surface area contributed by atoms with Crippen LogP contribution in [-0.2, 0) is 11.3 Å². The van der Waals surface area contributed by atoms with Gasteiger partial charge in [0.2, 0.25) is 5.91 Å². The first-order valence-corrected chi connectivity index (χ1v) is 9.35. The summed E-state index contributed by atoms with van der Waals surface area (Å²) in [5.41, 5.74) is 8.61. The molecule has 1 aliphatic carbocycles. The number of hydrogen-bond donors (Lipinski definition) is 1. The van der Waals surface area contributed by atoms with Gasteiger partial charge >= 0.3 is 0 Å². The number of hydrogen-bond acceptors (Lipinski definition) is 6. The third kappa shape index (κ3) is 3.90. The summed E-state index contributed by atoms with van der Waals surface area (Å²) in [5, 5.41) is 4.69. The topological polar surface area (TPSA) is 104 Å². The normalized spacial score (nSPS) is 14.8. The number of aryl methyl sites for hydroxylation is 1. The fourth-order valence-electron chi connectivity index (χ4n) is 3.03. The molecule has 7 nitrogen and oxygen atoms in total. The van der Waals surface area contributed by atoms with Gasteiger partial charge in [0.15, 0.2) is 0 Å². The fourth-order valence-corrected chi connectivity index (χ4v) is 3.14. The highest BCUT2D eigenvalue weighted by molar-refractivity contribution is 6.30. The van der Waals surface area contributed by atoms with Gasteiger partial charge in [-0.25, -0.2) is 0 Å². The van der Waals surface area contributed by atoms with Gasteiger partial charge in [0.25, 0.3) is 0 Å². The largest absolute Gasteiger partial charge is 0.367 e. The zero-order valence-electron chi connectivity index (χ0n) is 15.3. The first-order valence-electron chi connectivity index (χ1n) is 8.97. The number of carbonyl (C=O) groups is 1. The Bertz CT molecular complexity index is 982. The van der Waals surface area contributed by atoms with Crippen molar-refractivity contribution in [1.82, 2.24) is 15.1 Å². The zero-order valence-corrected chi connectivity index (χ0v) is 16.0. The SMILES string of the molecule is Cc1onc(-c2ccc(Cl)cn2)c1COC(c1ccc(C(N)=O)cn1)C1CC1. The van der Waals surface area contributed by atoms with Crippen LogP contribution in [0.1, 0.15) is 46.3 Å². The van der Waals surface area contributed by atoms with Crippen LogP contribution < -0.4 is 5.73 Å². The molecule has 8 heteroatoms. The van der Waals surface area contributed by atoms with Crippen LogP contribution in [0.3, 0.4) is 0 Å². The summed E-state index contributed by atoms with van der Waals surface area (Å²) in [4.78, 5) is 20.0. The monoisotopic (exact) mass is 398 g/mol. The second-order valence-corrected chi connectivity index (χ2v) is 7.27. The van der Waals surface area contributed by atoms with Gasteiger partial charge in [-0.05, 0) is 49.9 Å². The van der Waals surface area contributed by atoms with Gasteiger partial charge in [-0.15, -0.1) is 0 Å². The number of primary amides is 1. The Morgan fingerprint density at radius 2 is 2.11 bits per heavy atom. The molecule has 0 radical (unpaired) electrons. The lowest BCUT2D eigenvalue weighted by atomic mass is 10.1. The summed E-state index contributed by atoms with van der Waals surface area (Å²) in [6.07, 6.45) is 5.06. The molecule has 0 aliphatic heterocycles. The Morgan fingerprint density at radius 1 is 1.29 bits per heavy atom. The second kappa shape index (κ2) is 7.69. The number of pyridine rings is 2. The van der Waals surface area contributed by atoms with Crippen molar-refractivity contribution in [2.24, 2.45) is 11.7 Å². The Morgan fingerprint density at radius 3 is 2.71 bits per heavy atom. The third-order valence-corrected chi connectivity index (χ3v) is 5.00. The van der Waals surface area contributed by atoms with Crippen LogP contribution in [0.4, 0.5) is 0 Å². The lowest BCUT2D eigenvalue weighted by Crippen LogP contribution is -2.13. The van der Waals surface area contributed by atoms with Crippen molar-refractivity contribution in [3.63, 3.8) is 0 Å². The van der Waals surface area contributed by atoms with Crippen LogP contribution in [-0.4, -0.2) is 21.0 Å². The van der Waals surface area contributed by atoms with E-state index in [0.29, 0.717) is 40.3 Å². The molecule has 28 heavy (non-hydrogen) atoms. The first-order chi connectivity index (χ1) is 13.5. The van der Waals surface area contributed by atoms with E-state index >= 15 is 0 Å². The number of halogens is 1. The molecule has 1 aliphatic rings. The predicted octanol–water partition coefficient (Wildman–Crippen LogP) is 3.86. The van der Waals surface area contributed by atoms with Crippen molar-refractivity contribution in [2.45, 2.75) is 32.5 Å². The minimum Gasteiger partial charge on any atom is -0.367 e. The minimum absolute atomic E-state index is 0.165. The maximum Gasteiger partial charge on any atom is 0.250 e. The van der Waals surface area contributed by atoms with E-state index in [2.05, 4.69) is 15.1 Å². The van der Waals surface area contributed by atoms with Gasteiger partial charge in [-0.3, -0.25) is 14.8 Å². The van der Waals surface area contributed by atoms with Crippen LogP contribution in [0.15, 0.2) is 41.2 Å². The lowest BCUT2D eigenvalue weighted by Gasteiger charge is -2.17. The van der Waals surface area contributed by atoms with Gasteiger partial charge in [0.1, 0.15) is 17.6 Å². The number of ether oxygens (including phenoxy) is 1. The molecule has 1 saturated carbocycles. The molecular weight excluding hydrogens is 380 g/mol. The number of aromatic nitrogens is 3. The van der Waals surface area contributed by atoms with Crippen LogP contribution in [0.5, 0.6) is 0 Å². The fraction of sp³-hybridized carbons (Fsp3) is 0.300. The van der Waals surface area contributed by atoms with E-state index in [-0.39, 0.29) is 6.10 Å². The van der Waals surface area contributed by atoms with Gasteiger partial charge in [0.05, 0.1) is 28.6 Å².